The Morgan fingerprint density at radius 2 is 2.20 bits per heavy atom. The van der Waals surface area contributed by atoms with E-state index < -0.39 is 0 Å². The molecule has 25 heavy (non-hydrogen) atoms. The number of hydrogen-bond donors (Lipinski definition) is 2. The second-order valence-corrected chi connectivity index (χ2v) is 6.74. The van der Waals surface area contributed by atoms with Crippen molar-refractivity contribution in [2.75, 3.05) is 26.2 Å². The minimum atomic E-state index is 0. The fourth-order valence-corrected chi connectivity index (χ4v) is 3.75. The molecule has 1 aromatic heterocycles. The van der Waals surface area contributed by atoms with Gasteiger partial charge in [-0.1, -0.05) is 13.3 Å². The van der Waals surface area contributed by atoms with Gasteiger partial charge in [-0.2, -0.15) is 5.10 Å². The van der Waals surface area contributed by atoms with E-state index in [2.05, 4.69) is 39.5 Å². The molecule has 0 bridgehead atoms. The van der Waals surface area contributed by atoms with Crippen LogP contribution in [0.4, 0.5) is 0 Å². The SMILES string of the molecule is CCNC(=NCC1CCCCN1CC)NC1CCc2ncnn2C1.I. The second kappa shape index (κ2) is 10.3. The van der Waals surface area contributed by atoms with Crippen molar-refractivity contribution in [1.29, 1.82) is 0 Å². The zero-order valence-electron chi connectivity index (χ0n) is 15.4. The first-order valence-electron chi connectivity index (χ1n) is 9.45. The number of aryl methyl sites for hydroxylation is 1. The second-order valence-electron chi connectivity index (χ2n) is 6.74. The average Bonchev–Trinajstić information content (AvgIpc) is 3.08. The van der Waals surface area contributed by atoms with Gasteiger partial charge >= 0.3 is 0 Å². The predicted molar refractivity (Wildman–Crippen MR) is 112 cm³/mol. The van der Waals surface area contributed by atoms with Crippen LogP contribution < -0.4 is 10.6 Å². The zero-order chi connectivity index (χ0) is 16.8. The molecule has 142 valence electrons. The lowest BCUT2D eigenvalue weighted by atomic mass is 10.0. The van der Waals surface area contributed by atoms with Gasteiger partial charge in [-0.15, -0.1) is 24.0 Å². The van der Waals surface area contributed by atoms with E-state index in [-0.39, 0.29) is 24.0 Å². The number of nitrogens with one attached hydrogen (secondary N) is 2. The van der Waals surface area contributed by atoms with Crippen molar-refractivity contribution >= 4 is 29.9 Å². The molecule has 0 radical (unpaired) electrons. The van der Waals surface area contributed by atoms with Crippen LogP contribution in [0, 0.1) is 0 Å². The van der Waals surface area contributed by atoms with Gasteiger partial charge in [0.2, 0.25) is 0 Å². The molecule has 1 aromatic rings. The maximum atomic E-state index is 4.88. The number of guanidine groups is 1. The van der Waals surface area contributed by atoms with Gasteiger partial charge < -0.3 is 10.6 Å². The fourth-order valence-electron chi connectivity index (χ4n) is 3.75. The number of fused-ring (bicyclic) bond motifs is 1. The van der Waals surface area contributed by atoms with Crippen molar-refractivity contribution in [1.82, 2.24) is 30.3 Å². The summed E-state index contributed by atoms with van der Waals surface area (Å²) < 4.78 is 2.00. The largest absolute Gasteiger partial charge is 0.357 e. The van der Waals surface area contributed by atoms with Crippen LogP contribution in [-0.2, 0) is 13.0 Å². The van der Waals surface area contributed by atoms with Crippen LogP contribution >= 0.6 is 24.0 Å². The van der Waals surface area contributed by atoms with Gasteiger partial charge in [-0.25, -0.2) is 9.67 Å². The fraction of sp³-hybridized carbons (Fsp3) is 0.824. The number of rotatable bonds is 5. The predicted octanol–water partition coefficient (Wildman–Crippen LogP) is 1.64. The van der Waals surface area contributed by atoms with Gasteiger partial charge in [0.05, 0.1) is 13.1 Å². The van der Waals surface area contributed by atoms with Crippen molar-refractivity contribution < 1.29 is 0 Å². The maximum Gasteiger partial charge on any atom is 0.191 e. The Labute approximate surface area is 168 Å². The van der Waals surface area contributed by atoms with Crippen molar-refractivity contribution in [3.8, 4) is 0 Å². The van der Waals surface area contributed by atoms with Crippen molar-refractivity contribution in [2.24, 2.45) is 4.99 Å². The van der Waals surface area contributed by atoms with Crippen LogP contribution in [0.1, 0.15) is 45.4 Å². The van der Waals surface area contributed by atoms with E-state index in [4.69, 9.17) is 4.99 Å². The molecule has 1 fully saturated rings. The Kier molecular flexibility index (Phi) is 8.41. The van der Waals surface area contributed by atoms with E-state index in [1.165, 1.54) is 25.8 Å². The summed E-state index contributed by atoms with van der Waals surface area (Å²) in [5.74, 6) is 2.03. The van der Waals surface area contributed by atoms with Crippen molar-refractivity contribution in [3.05, 3.63) is 12.2 Å². The molecule has 3 rings (SSSR count). The van der Waals surface area contributed by atoms with Crippen LogP contribution in [0.2, 0.25) is 0 Å². The highest BCUT2D eigenvalue weighted by Gasteiger charge is 2.22. The Balaban J connectivity index is 0.00000225. The monoisotopic (exact) mass is 461 g/mol. The first-order chi connectivity index (χ1) is 11.8. The molecule has 2 atom stereocenters. The molecular weight excluding hydrogens is 429 g/mol. The van der Waals surface area contributed by atoms with Crippen LogP contribution in [0.25, 0.3) is 0 Å². The lowest BCUT2D eigenvalue weighted by molar-refractivity contribution is 0.161. The highest BCUT2D eigenvalue weighted by molar-refractivity contribution is 14.0. The van der Waals surface area contributed by atoms with Gasteiger partial charge in [-0.05, 0) is 39.3 Å². The minimum absolute atomic E-state index is 0. The number of aromatic nitrogens is 3. The van der Waals surface area contributed by atoms with Crippen LogP contribution in [0.15, 0.2) is 11.3 Å². The molecule has 8 heteroatoms. The average molecular weight is 461 g/mol. The summed E-state index contributed by atoms with van der Waals surface area (Å²) in [6, 6.07) is 0.957. The lowest BCUT2D eigenvalue weighted by Gasteiger charge is -2.34. The van der Waals surface area contributed by atoms with Crippen molar-refractivity contribution in [3.63, 3.8) is 0 Å². The molecule has 2 unspecified atom stereocenters. The topological polar surface area (TPSA) is 70.4 Å². The van der Waals surface area contributed by atoms with Gasteiger partial charge in [0.1, 0.15) is 12.2 Å². The molecule has 0 spiro atoms. The van der Waals surface area contributed by atoms with E-state index in [0.29, 0.717) is 12.1 Å². The summed E-state index contributed by atoms with van der Waals surface area (Å²) >= 11 is 0. The number of likely N-dealkylation sites (N-methyl/N-ethyl adjacent to an activating group) is 1. The maximum absolute atomic E-state index is 4.88. The molecule has 0 amide bonds. The molecule has 0 aromatic carbocycles. The summed E-state index contributed by atoms with van der Waals surface area (Å²) in [5, 5.41) is 11.3. The third-order valence-corrected chi connectivity index (χ3v) is 5.11. The minimum Gasteiger partial charge on any atom is -0.357 e. The number of halogens is 1. The molecule has 2 aliphatic rings. The number of hydrogen-bond acceptors (Lipinski definition) is 4. The Hall–Kier alpha value is -0.900. The van der Waals surface area contributed by atoms with E-state index in [1.807, 2.05) is 4.68 Å². The van der Waals surface area contributed by atoms with E-state index in [0.717, 1.165) is 50.8 Å². The number of aliphatic imine (C=N–C) groups is 1. The van der Waals surface area contributed by atoms with E-state index in [1.54, 1.807) is 6.33 Å². The highest BCUT2D eigenvalue weighted by Crippen LogP contribution is 2.17. The van der Waals surface area contributed by atoms with E-state index in [9.17, 15) is 0 Å². The highest BCUT2D eigenvalue weighted by atomic mass is 127. The Morgan fingerprint density at radius 3 is 3.00 bits per heavy atom. The normalized spacial score (nSPS) is 24.3. The quantitative estimate of drug-likeness (QED) is 0.397. The Bertz CT molecular complexity index is 545. The van der Waals surface area contributed by atoms with Crippen molar-refractivity contribution in [2.45, 2.75) is 64.6 Å². The Morgan fingerprint density at radius 1 is 1.32 bits per heavy atom. The van der Waals surface area contributed by atoms with Gasteiger partial charge in [0.15, 0.2) is 5.96 Å². The summed E-state index contributed by atoms with van der Waals surface area (Å²) in [4.78, 5) is 11.7. The van der Waals surface area contributed by atoms with Gasteiger partial charge in [0.25, 0.3) is 0 Å². The van der Waals surface area contributed by atoms with E-state index >= 15 is 0 Å². The first-order valence-corrected chi connectivity index (χ1v) is 9.45. The first kappa shape index (κ1) is 20.4. The summed E-state index contributed by atoms with van der Waals surface area (Å²) in [5.41, 5.74) is 0. The van der Waals surface area contributed by atoms with Crippen LogP contribution in [-0.4, -0.2) is 63.9 Å². The third-order valence-electron chi connectivity index (χ3n) is 5.11. The molecule has 2 N–H and O–H groups in total. The summed E-state index contributed by atoms with van der Waals surface area (Å²) in [6.45, 7) is 9.35. The molecular formula is C17H32IN7. The van der Waals surface area contributed by atoms with Gasteiger partial charge in [0, 0.05) is 25.0 Å². The lowest BCUT2D eigenvalue weighted by Crippen LogP contribution is -2.48. The number of likely N-dealkylation sites (tertiary alicyclic amines) is 1. The zero-order valence-corrected chi connectivity index (χ0v) is 17.8. The number of piperidine rings is 1. The molecule has 1 saturated heterocycles. The summed E-state index contributed by atoms with van der Waals surface area (Å²) in [6.07, 6.45) is 7.63. The van der Waals surface area contributed by atoms with Crippen LogP contribution in [0.5, 0.6) is 0 Å². The molecule has 2 aliphatic heterocycles. The third kappa shape index (κ3) is 5.54. The standard InChI is InChI=1S/C17H31N7.HI/c1-3-18-17(19-11-15-7-5-6-10-23(15)4-2)22-14-8-9-16-20-13-21-24(16)12-14;/h13-15H,3-12H2,1-2H3,(H2,18,19,22);1H. The number of nitrogens with zero attached hydrogens (tertiary/aromatic N) is 5. The molecule has 0 aliphatic carbocycles. The summed E-state index contributed by atoms with van der Waals surface area (Å²) in [7, 11) is 0. The molecule has 7 nitrogen and oxygen atoms in total. The van der Waals surface area contributed by atoms with Crippen LogP contribution in [0.3, 0.4) is 0 Å². The molecule has 0 saturated carbocycles. The molecule has 3 heterocycles. The smallest absolute Gasteiger partial charge is 0.191 e. The van der Waals surface area contributed by atoms with Gasteiger partial charge in [-0.3, -0.25) is 9.89 Å².